The normalized spacial score (nSPS) is 27.1. The van der Waals surface area contributed by atoms with Gasteiger partial charge >= 0.3 is 0 Å². The molecule has 4 amide bonds. The molecule has 0 spiro atoms. The molecule has 15 nitrogen and oxygen atoms in total. The Morgan fingerprint density at radius 2 is 1.87 bits per heavy atom. The Morgan fingerprint density at radius 1 is 1.07 bits per heavy atom. The van der Waals surface area contributed by atoms with Gasteiger partial charge in [0, 0.05) is 25.6 Å². The number of halogens is 1. The zero-order chi connectivity index (χ0) is 38.4. The monoisotopic (exact) mass is 764 g/mol. The Hall–Kier alpha value is -4.93. The maximum Gasteiger partial charge on any atom is 0.272 e. The highest BCUT2D eigenvalue weighted by Crippen LogP contribution is 2.45. The molecule has 2 aliphatic carbocycles. The number of fused-ring (bicyclic) bond motifs is 3. The third-order valence-corrected chi connectivity index (χ3v) is 13.4. The third kappa shape index (κ3) is 7.17. The molecule has 2 aromatic heterocycles. The number of para-hydroxylation sites is 1. The first kappa shape index (κ1) is 37.4. The first-order valence-corrected chi connectivity index (χ1v) is 19.9. The van der Waals surface area contributed by atoms with Gasteiger partial charge in [0.15, 0.2) is 5.82 Å². The fourth-order valence-electron chi connectivity index (χ4n) is 7.47. The standard InChI is InChI=1S/C37H45FN8O7S/c1-22-33(41-30-25(38)11-9-13-26(30)39-22)53-24-20-29-32(48)42-37(35(50)44-54(51,52)36(2)17-18-36)16-14-23(37)10-7-5-4-6-8-12-28(34(49)46(29)21-24)40-31(47)27-15-19-45(3)43-27/h7,9-11,13,15,19,23-24,28-29H,4-6,8,12,14,16-18,20-21H2,1-3H3,(H,40,47)(H,42,48)(H,44,50). The number of aryl methyl sites for hydroxylation is 2. The molecule has 54 heavy (non-hydrogen) atoms. The summed E-state index contributed by atoms with van der Waals surface area (Å²) in [6, 6.07) is 3.74. The maximum atomic E-state index is 14.7. The minimum atomic E-state index is -4.02. The quantitative estimate of drug-likeness (QED) is 0.301. The van der Waals surface area contributed by atoms with Gasteiger partial charge in [-0.2, -0.15) is 5.10 Å². The van der Waals surface area contributed by atoms with Crippen LogP contribution in [0.4, 0.5) is 4.39 Å². The predicted octanol–water partition coefficient (Wildman–Crippen LogP) is 2.74. The maximum absolute atomic E-state index is 14.7. The van der Waals surface area contributed by atoms with Gasteiger partial charge in [-0.15, -0.1) is 0 Å². The van der Waals surface area contributed by atoms with Crippen LogP contribution in [0.2, 0.25) is 0 Å². The first-order valence-electron chi connectivity index (χ1n) is 18.5. The van der Waals surface area contributed by atoms with Gasteiger partial charge in [-0.1, -0.05) is 31.1 Å². The highest BCUT2D eigenvalue weighted by Gasteiger charge is 2.58. The van der Waals surface area contributed by atoms with Crippen LogP contribution in [0.5, 0.6) is 5.88 Å². The number of nitrogens with one attached hydrogen (secondary N) is 3. The van der Waals surface area contributed by atoms with Crippen molar-refractivity contribution in [1.82, 2.24) is 40.0 Å². The Kier molecular flexibility index (Phi) is 9.95. The molecule has 4 heterocycles. The number of ether oxygens (including phenoxy) is 1. The van der Waals surface area contributed by atoms with Gasteiger partial charge in [0.05, 0.1) is 16.8 Å². The Morgan fingerprint density at radius 3 is 2.57 bits per heavy atom. The molecule has 3 aromatic rings. The van der Waals surface area contributed by atoms with Crippen LogP contribution in [0, 0.1) is 18.7 Å². The summed E-state index contributed by atoms with van der Waals surface area (Å²) in [7, 11) is -2.35. The largest absolute Gasteiger partial charge is 0.471 e. The number of carbonyl (C=O) groups excluding carboxylic acids is 4. The van der Waals surface area contributed by atoms with Crippen LogP contribution < -0.4 is 20.1 Å². The van der Waals surface area contributed by atoms with Gasteiger partial charge in [-0.3, -0.25) is 28.6 Å². The van der Waals surface area contributed by atoms with Crippen LogP contribution >= 0.6 is 0 Å². The number of nitrogens with zero attached hydrogens (tertiary/aromatic N) is 5. The second-order valence-corrected chi connectivity index (χ2v) is 17.4. The smallest absolute Gasteiger partial charge is 0.272 e. The summed E-state index contributed by atoms with van der Waals surface area (Å²) in [6.07, 6.45) is 9.22. The van der Waals surface area contributed by atoms with Crippen molar-refractivity contribution >= 4 is 44.7 Å². The van der Waals surface area contributed by atoms with Crippen LogP contribution in [-0.2, 0) is 31.5 Å². The topological polar surface area (TPSA) is 195 Å². The lowest BCUT2D eigenvalue weighted by Crippen LogP contribution is -2.70. The van der Waals surface area contributed by atoms with Crippen molar-refractivity contribution in [3.63, 3.8) is 0 Å². The van der Waals surface area contributed by atoms with Crippen molar-refractivity contribution in [2.24, 2.45) is 13.0 Å². The highest BCUT2D eigenvalue weighted by atomic mass is 32.2. The van der Waals surface area contributed by atoms with E-state index in [0.717, 1.165) is 12.8 Å². The van der Waals surface area contributed by atoms with E-state index in [2.05, 4.69) is 30.4 Å². The molecular weight excluding hydrogens is 720 g/mol. The van der Waals surface area contributed by atoms with Gasteiger partial charge in [-0.05, 0) is 77.0 Å². The van der Waals surface area contributed by atoms with Crippen LogP contribution in [0.3, 0.4) is 0 Å². The number of aromatic nitrogens is 4. The number of hydrogen-bond acceptors (Lipinski definition) is 10. The van der Waals surface area contributed by atoms with Crippen molar-refractivity contribution in [2.45, 2.75) is 107 Å². The molecule has 4 aliphatic rings. The predicted molar refractivity (Wildman–Crippen MR) is 194 cm³/mol. The van der Waals surface area contributed by atoms with Gasteiger partial charge in [0.25, 0.3) is 11.8 Å². The van der Waals surface area contributed by atoms with E-state index in [4.69, 9.17) is 4.74 Å². The van der Waals surface area contributed by atoms with E-state index in [0.29, 0.717) is 43.3 Å². The summed E-state index contributed by atoms with van der Waals surface area (Å²) in [5, 5.41) is 9.90. The number of carbonyl (C=O) groups is 4. The molecule has 288 valence electrons. The van der Waals surface area contributed by atoms with Crippen molar-refractivity contribution in [3.05, 3.63) is 59.8 Å². The summed E-state index contributed by atoms with van der Waals surface area (Å²) in [6.45, 7) is 3.14. The van der Waals surface area contributed by atoms with Crippen molar-refractivity contribution in [2.75, 3.05) is 6.54 Å². The van der Waals surface area contributed by atoms with Crippen LogP contribution in [0.1, 0.15) is 87.3 Å². The number of sulfonamides is 1. The molecular formula is C37H45FN8O7S. The van der Waals surface area contributed by atoms with Crippen molar-refractivity contribution < 1.29 is 36.7 Å². The second-order valence-electron chi connectivity index (χ2n) is 15.2. The molecule has 2 aliphatic heterocycles. The van der Waals surface area contributed by atoms with Crippen molar-refractivity contribution in [3.8, 4) is 5.88 Å². The highest BCUT2D eigenvalue weighted by molar-refractivity contribution is 7.91. The number of rotatable bonds is 7. The van der Waals surface area contributed by atoms with E-state index in [9.17, 15) is 32.0 Å². The number of hydrogen-bond donors (Lipinski definition) is 3. The van der Waals surface area contributed by atoms with E-state index in [-0.39, 0.29) is 42.9 Å². The van der Waals surface area contributed by atoms with E-state index >= 15 is 0 Å². The number of allylic oxidation sites excluding steroid dienone is 1. The lowest BCUT2D eigenvalue weighted by Gasteiger charge is -2.47. The summed E-state index contributed by atoms with van der Waals surface area (Å²) >= 11 is 0. The molecule has 2 saturated carbocycles. The van der Waals surface area contributed by atoms with E-state index in [1.165, 1.54) is 27.8 Å². The van der Waals surface area contributed by atoms with Crippen LogP contribution in [0.25, 0.3) is 11.0 Å². The molecule has 3 fully saturated rings. The minimum Gasteiger partial charge on any atom is -0.471 e. The van der Waals surface area contributed by atoms with Crippen molar-refractivity contribution in [1.29, 1.82) is 0 Å². The minimum absolute atomic E-state index is 0.00380. The first-order chi connectivity index (χ1) is 25.7. The Bertz CT molecular complexity index is 2140. The zero-order valence-corrected chi connectivity index (χ0v) is 31.3. The average molecular weight is 765 g/mol. The zero-order valence-electron chi connectivity index (χ0n) is 30.5. The van der Waals surface area contributed by atoms with Gasteiger partial charge in [-0.25, -0.2) is 22.8 Å². The molecule has 1 aromatic carbocycles. The Labute approximate surface area is 312 Å². The second kappa shape index (κ2) is 14.4. The molecule has 0 radical (unpaired) electrons. The molecule has 17 heteroatoms. The summed E-state index contributed by atoms with van der Waals surface area (Å²) in [4.78, 5) is 66.5. The Balaban J connectivity index is 1.22. The molecule has 7 rings (SSSR count). The van der Waals surface area contributed by atoms with Gasteiger partial charge in [0.2, 0.25) is 27.7 Å². The van der Waals surface area contributed by atoms with E-state index < -0.39 is 73.9 Å². The lowest BCUT2D eigenvalue weighted by molar-refractivity contribution is -0.144. The number of benzene rings is 1. The average Bonchev–Trinajstić information content (AvgIpc) is 3.52. The summed E-state index contributed by atoms with van der Waals surface area (Å²) in [5.41, 5.74) is -0.738. The molecule has 1 saturated heterocycles. The fraction of sp³-hybridized carbons (Fsp3) is 0.541. The fourth-order valence-corrected chi connectivity index (χ4v) is 8.78. The summed E-state index contributed by atoms with van der Waals surface area (Å²) < 4.78 is 50.1. The third-order valence-electron chi connectivity index (χ3n) is 11.2. The SMILES string of the molecule is Cc1nc2cccc(F)c2nc1OC1CC2C(=O)NC3(C(=O)NS(=O)(=O)C4(C)CC4)CCC3C=CCCCCCC(NC(=O)c3ccn(C)n3)C(=O)N2C1. The van der Waals surface area contributed by atoms with E-state index in [1.807, 2.05) is 12.2 Å². The molecule has 5 atom stereocenters. The lowest BCUT2D eigenvalue weighted by atomic mass is 9.65. The van der Waals surface area contributed by atoms with Crippen LogP contribution in [-0.4, -0.2) is 91.7 Å². The van der Waals surface area contributed by atoms with Gasteiger partial charge in [0.1, 0.15) is 40.6 Å². The molecule has 3 N–H and O–H groups in total. The number of amides is 4. The molecule has 0 bridgehead atoms. The van der Waals surface area contributed by atoms with E-state index in [1.54, 1.807) is 33.2 Å². The van der Waals surface area contributed by atoms with Gasteiger partial charge < -0.3 is 20.3 Å². The summed E-state index contributed by atoms with van der Waals surface area (Å²) in [5.74, 6) is -3.61. The molecule has 5 unspecified atom stereocenters. The van der Waals surface area contributed by atoms with Crippen LogP contribution in [0.15, 0.2) is 42.6 Å².